The zero-order valence-electron chi connectivity index (χ0n) is 15.8. The minimum absolute atomic E-state index is 0. The van der Waals surface area contributed by atoms with Gasteiger partial charge in [0.2, 0.25) is 5.91 Å². The second kappa shape index (κ2) is 7.11. The van der Waals surface area contributed by atoms with E-state index in [1.165, 1.54) is 0 Å². The molecule has 2 rings (SSSR count). The third-order valence-electron chi connectivity index (χ3n) is 4.67. The first-order chi connectivity index (χ1) is 10.8. The quantitative estimate of drug-likeness (QED) is 0.647. The van der Waals surface area contributed by atoms with Crippen molar-refractivity contribution in [2.24, 2.45) is 17.1 Å². The molecule has 1 aliphatic carbocycles. The van der Waals surface area contributed by atoms with Crippen molar-refractivity contribution in [3.8, 4) is 0 Å². The van der Waals surface area contributed by atoms with E-state index in [-0.39, 0.29) is 42.7 Å². The Hall–Kier alpha value is -1.34. The predicted molar refractivity (Wildman–Crippen MR) is 98.3 cm³/mol. The molecule has 2 fully saturated rings. The number of hydrogen-bond donors (Lipinski definition) is 3. The summed E-state index contributed by atoms with van der Waals surface area (Å²) in [6, 6.07) is -0.480. The van der Waals surface area contributed by atoms with Gasteiger partial charge in [0, 0.05) is 12.1 Å². The van der Waals surface area contributed by atoms with Crippen LogP contribution in [0.4, 0.5) is 4.79 Å². The van der Waals surface area contributed by atoms with Crippen molar-refractivity contribution in [3.63, 3.8) is 0 Å². The molecule has 0 bridgehead atoms. The summed E-state index contributed by atoms with van der Waals surface area (Å²) in [5.41, 5.74) is 4.39. The number of nitrogens with one attached hydrogen (secondary N) is 2. The van der Waals surface area contributed by atoms with Crippen molar-refractivity contribution in [2.75, 3.05) is 13.1 Å². The normalized spacial score (nSPS) is 28.6. The monoisotopic (exact) mass is 374 g/mol. The molecule has 1 aliphatic heterocycles. The Bertz CT molecular complexity index is 559. The van der Waals surface area contributed by atoms with E-state index in [0.29, 0.717) is 18.8 Å². The highest BCUT2D eigenvalue weighted by molar-refractivity contribution is 6.09. The fourth-order valence-corrected chi connectivity index (χ4v) is 4.18. The fraction of sp³-hybridized carbons (Fsp3) is 0.824. The van der Waals surface area contributed by atoms with Gasteiger partial charge in [-0.25, -0.2) is 4.79 Å². The molecule has 2 atom stereocenters. The van der Waals surface area contributed by atoms with Gasteiger partial charge in [-0.05, 0) is 44.4 Å². The summed E-state index contributed by atoms with van der Waals surface area (Å²) < 4.78 is 0. The van der Waals surface area contributed by atoms with E-state index in [0.717, 1.165) is 11.3 Å². The van der Waals surface area contributed by atoms with Gasteiger partial charge in [0.1, 0.15) is 12.1 Å². The summed E-state index contributed by atoms with van der Waals surface area (Å²) in [5, 5.41) is 5.53. The Balaban J connectivity index is 0.00000312. The molecule has 0 aromatic carbocycles. The second-order valence-corrected chi connectivity index (χ2v) is 9.02. The van der Waals surface area contributed by atoms with E-state index in [9.17, 15) is 14.4 Å². The molecule has 1 heterocycles. The molecule has 2 unspecified atom stereocenters. The summed E-state index contributed by atoms with van der Waals surface area (Å²) in [5.74, 6) is -0.323. The molecule has 4 amide bonds. The Kier molecular flexibility index (Phi) is 6.17. The fourth-order valence-electron chi connectivity index (χ4n) is 4.18. The number of halogens is 1. The summed E-state index contributed by atoms with van der Waals surface area (Å²) >= 11 is 0. The molecule has 0 radical (unpaired) electrons. The first kappa shape index (κ1) is 21.7. The van der Waals surface area contributed by atoms with Crippen molar-refractivity contribution in [3.05, 3.63) is 0 Å². The maximum Gasteiger partial charge on any atom is 0.325 e. The van der Waals surface area contributed by atoms with E-state index >= 15 is 0 Å². The molecule has 25 heavy (non-hydrogen) atoms. The average Bonchev–Trinajstić information content (AvgIpc) is 2.57. The number of imide groups is 1. The largest absolute Gasteiger partial charge is 0.353 e. The third-order valence-corrected chi connectivity index (χ3v) is 4.67. The highest BCUT2D eigenvalue weighted by Crippen LogP contribution is 2.46. The first-order valence-corrected chi connectivity index (χ1v) is 8.53. The molecule has 8 heteroatoms. The van der Waals surface area contributed by atoms with Crippen LogP contribution in [0.1, 0.15) is 53.9 Å². The number of amides is 4. The first-order valence-electron chi connectivity index (χ1n) is 8.53. The smallest absolute Gasteiger partial charge is 0.325 e. The van der Waals surface area contributed by atoms with Gasteiger partial charge in [0.05, 0.1) is 0 Å². The van der Waals surface area contributed by atoms with Crippen molar-refractivity contribution in [1.29, 1.82) is 0 Å². The number of carbonyl (C=O) groups excluding carboxylic acids is 3. The zero-order valence-corrected chi connectivity index (χ0v) is 16.6. The van der Waals surface area contributed by atoms with Gasteiger partial charge >= 0.3 is 6.03 Å². The molecule has 0 aromatic rings. The number of nitrogens with two attached hydrogens (primary N) is 1. The Labute approximate surface area is 155 Å². The second-order valence-electron chi connectivity index (χ2n) is 9.02. The zero-order chi connectivity index (χ0) is 18.3. The summed E-state index contributed by atoms with van der Waals surface area (Å²) in [6.07, 6.45) is 2.24. The molecule has 1 spiro atoms. The summed E-state index contributed by atoms with van der Waals surface area (Å²) in [7, 11) is 0. The van der Waals surface area contributed by atoms with Gasteiger partial charge in [-0.2, -0.15) is 0 Å². The molecular weight excluding hydrogens is 344 g/mol. The van der Waals surface area contributed by atoms with Gasteiger partial charge in [0.15, 0.2) is 0 Å². The summed E-state index contributed by atoms with van der Waals surface area (Å²) in [6.45, 7) is 9.93. The SMILES string of the molecule is CC1CC(C)(C)CC2(C1)NC(=O)N(CC(=O)NCC(C)(C)N)C2=O.Cl. The van der Waals surface area contributed by atoms with Crippen LogP contribution in [0.25, 0.3) is 0 Å². The van der Waals surface area contributed by atoms with Crippen LogP contribution in [-0.2, 0) is 9.59 Å². The lowest BCUT2D eigenvalue weighted by atomic mass is 9.64. The van der Waals surface area contributed by atoms with E-state index in [1.54, 1.807) is 13.8 Å². The van der Waals surface area contributed by atoms with Gasteiger partial charge in [0.25, 0.3) is 5.91 Å². The Morgan fingerprint density at radius 3 is 2.48 bits per heavy atom. The van der Waals surface area contributed by atoms with Gasteiger partial charge in [-0.3, -0.25) is 14.5 Å². The molecule has 4 N–H and O–H groups in total. The standard InChI is InChI=1S/C17H30N4O3.ClH/c1-11-6-15(2,3)9-17(7-11)13(23)21(14(24)20-17)8-12(22)19-10-16(4,5)18;/h11H,6-10,18H2,1-5H3,(H,19,22)(H,20,24);1H. The van der Waals surface area contributed by atoms with Crippen LogP contribution >= 0.6 is 12.4 Å². The lowest BCUT2D eigenvalue weighted by Crippen LogP contribution is -2.54. The maximum atomic E-state index is 12.9. The number of rotatable bonds is 4. The van der Waals surface area contributed by atoms with Crippen LogP contribution in [-0.4, -0.2) is 46.9 Å². The van der Waals surface area contributed by atoms with E-state index in [4.69, 9.17) is 5.73 Å². The molecule has 1 saturated heterocycles. The van der Waals surface area contributed by atoms with Crippen LogP contribution < -0.4 is 16.4 Å². The summed E-state index contributed by atoms with van der Waals surface area (Å²) in [4.78, 5) is 38.3. The van der Waals surface area contributed by atoms with Gasteiger partial charge in [-0.15, -0.1) is 12.4 Å². The third kappa shape index (κ3) is 5.07. The maximum absolute atomic E-state index is 12.9. The minimum Gasteiger partial charge on any atom is -0.353 e. The molecule has 2 aliphatic rings. The van der Waals surface area contributed by atoms with E-state index in [1.807, 2.05) is 0 Å². The van der Waals surface area contributed by atoms with Crippen LogP contribution in [0.5, 0.6) is 0 Å². The van der Waals surface area contributed by atoms with Crippen molar-refractivity contribution in [1.82, 2.24) is 15.5 Å². The van der Waals surface area contributed by atoms with Crippen molar-refractivity contribution in [2.45, 2.75) is 65.0 Å². The Morgan fingerprint density at radius 1 is 1.36 bits per heavy atom. The predicted octanol–water partition coefficient (Wildman–Crippen LogP) is 1.40. The van der Waals surface area contributed by atoms with Crippen LogP contribution in [0.2, 0.25) is 0 Å². The number of nitrogens with zero attached hydrogens (tertiary/aromatic N) is 1. The molecule has 0 aromatic heterocycles. The van der Waals surface area contributed by atoms with Crippen molar-refractivity contribution >= 4 is 30.3 Å². The number of carbonyl (C=O) groups is 3. The highest BCUT2D eigenvalue weighted by atomic mass is 35.5. The van der Waals surface area contributed by atoms with Crippen LogP contribution in [0.15, 0.2) is 0 Å². The Morgan fingerprint density at radius 2 is 1.96 bits per heavy atom. The molecule has 144 valence electrons. The van der Waals surface area contributed by atoms with Gasteiger partial charge < -0.3 is 16.4 Å². The number of hydrogen-bond acceptors (Lipinski definition) is 4. The van der Waals surface area contributed by atoms with E-state index in [2.05, 4.69) is 31.4 Å². The lowest BCUT2D eigenvalue weighted by Gasteiger charge is -2.43. The minimum atomic E-state index is -0.869. The van der Waals surface area contributed by atoms with Crippen LogP contribution in [0, 0.1) is 11.3 Å². The van der Waals surface area contributed by atoms with Crippen molar-refractivity contribution < 1.29 is 14.4 Å². The topological polar surface area (TPSA) is 105 Å². The average molecular weight is 375 g/mol. The molecule has 1 saturated carbocycles. The van der Waals surface area contributed by atoms with E-state index < -0.39 is 17.1 Å². The molecular formula is C17H31ClN4O3. The highest BCUT2D eigenvalue weighted by Gasteiger charge is 2.56. The van der Waals surface area contributed by atoms with Gasteiger partial charge in [-0.1, -0.05) is 20.8 Å². The number of urea groups is 1. The molecule has 7 nitrogen and oxygen atoms in total. The lowest BCUT2D eigenvalue weighted by molar-refractivity contribution is -0.137. The van der Waals surface area contributed by atoms with Crippen LogP contribution in [0.3, 0.4) is 0 Å².